The lowest BCUT2D eigenvalue weighted by molar-refractivity contribution is 0.0517. The number of esters is 2. The molecule has 0 radical (unpaired) electrons. The number of nitrogens with one attached hydrogen (secondary N) is 2. The average molecular weight is 938 g/mol. The monoisotopic (exact) mass is 936 g/mol. The summed E-state index contributed by atoms with van der Waals surface area (Å²) in [7, 11) is 0. The molecule has 0 atom stereocenters. The number of halogens is 3. The van der Waals surface area contributed by atoms with E-state index in [4.69, 9.17) is 28.4 Å². The van der Waals surface area contributed by atoms with Gasteiger partial charge in [0.15, 0.2) is 11.3 Å². The Bertz CT molecular complexity index is 2230. The standard InChI is InChI=1S/2C21H24N4O4.3ClH.2H2O/c2*1-5-27-16-11-14-19(25-17-9-8-10-18(24-17)28-6-2)15(21(26)29-7-3)12-22-20(14)23-13(16)4;;;;;/h2*8-12H,5-7H2,1-4H3,(H,22,23,24,25);3*1H;2*1H2. The summed E-state index contributed by atoms with van der Waals surface area (Å²) in [5, 5.41) is 7.70. The largest absolute Gasteiger partial charge is 0.492 e. The first-order valence-corrected chi connectivity index (χ1v) is 19.1. The van der Waals surface area contributed by atoms with Crippen molar-refractivity contribution in [2.45, 2.75) is 55.4 Å². The number of hydrogen-bond donors (Lipinski definition) is 2. The van der Waals surface area contributed by atoms with Gasteiger partial charge >= 0.3 is 11.9 Å². The Kier molecular flexibility index (Phi) is 25.1. The minimum absolute atomic E-state index is 0. The fourth-order valence-electron chi connectivity index (χ4n) is 5.67. The van der Waals surface area contributed by atoms with Gasteiger partial charge in [0.05, 0.1) is 62.4 Å². The van der Waals surface area contributed by atoms with Crippen molar-refractivity contribution in [1.29, 1.82) is 0 Å². The average Bonchev–Trinajstić information content (AvgIpc) is 3.20. The smallest absolute Gasteiger partial charge is 0.341 e. The molecule has 0 aliphatic heterocycles. The lowest BCUT2D eigenvalue weighted by atomic mass is 10.1. The maximum atomic E-state index is 12.5. The molecule has 0 saturated heterocycles. The molecule has 0 aromatic carbocycles. The SMILES string of the molecule is CCOC(=O)c1cnc2nc(C)c(OCC)cc2c1Nc1cccc(OCC)n1.CCOC(=O)c1cnc2nc(C)c(OCC)cc2c1Nc1cccc(OCC)n1.Cl.Cl.Cl.O.O. The van der Waals surface area contributed by atoms with Crippen LogP contribution in [0.5, 0.6) is 23.3 Å². The van der Waals surface area contributed by atoms with Crippen LogP contribution in [0, 0.1) is 13.8 Å². The van der Waals surface area contributed by atoms with Gasteiger partial charge < -0.3 is 50.0 Å². The number of carbonyl (C=O) groups excluding carboxylic acids is 2. The molecule has 0 aliphatic rings. The van der Waals surface area contributed by atoms with E-state index in [1.54, 1.807) is 38.1 Å². The Morgan fingerprint density at radius 2 is 0.889 bits per heavy atom. The molecule has 0 spiro atoms. The van der Waals surface area contributed by atoms with Crippen LogP contribution in [-0.4, -0.2) is 92.4 Å². The number of fused-ring (bicyclic) bond motifs is 2. The van der Waals surface area contributed by atoms with Crippen LogP contribution in [0.4, 0.5) is 23.0 Å². The van der Waals surface area contributed by atoms with E-state index in [0.29, 0.717) is 94.8 Å². The molecule has 6 rings (SSSR count). The predicted octanol–water partition coefficient (Wildman–Crippen LogP) is 7.72. The molecule has 0 fully saturated rings. The zero-order valence-corrected chi connectivity index (χ0v) is 38.6. The fourth-order valence-corrected chi connectivity index (χ4v) is 5.67. The van der Waals surface area contributed by atoms with Gasteiger partial charge in [-0.1, -0.05) is 12.1 Å². The third-order valence-corrected chi connectivity index (χ3v) is 8.13. The van der Waals surface area contributed by atoms with Gasteiger partial charge in [-0.2, -0.15) is 9.97 Å². The van der Waals surface area contributed by atoms with Gasteiger partial charge in [-0.3, -0.25) is 0 Å². The molecule has 344 valence electrons. The van der Waals surface area contributed by atoms with E-state index in [1.807, 2.05) is 65.8 Å². The van der Waals surface area contributed by atoms with E-state index in [0.717, 1.165) is 11.4 Å². The van der Waals surface area contributed by atoms with E-state index in [-0.39, 0.29) is 72.5 Å². The number of rotatable bonds is 16. The summed E-state index contributed by atoms with van der Waals surface area (Å²) < 4.78 is 32.7. The Morgan fingerprint density at radius 3 is 1.22 bits per heavy atom. The number of aromatic nitrogens is 6. The molecule has 0 unspecified atom stereocenters. The molecule has 0 aliphatic carbocycles. The normalized spacial score (nSPS) is 9.78. The number of aryl methyl sites for hydroxylation is 2. The second-order valence-corrected chi connectivity index (χ2v) is 12.1. The van der Waals surface area contributed by atoms with E-state index < -0.39 is 11.9 Å². The first-order chi connectivity index (χ1) is 28.1. The zero-order valence-electron chi connectivity index (χ0n) is 36.2. The molecular weight excluding hydrogens is 883 g/mol. The van der Waals surface area contributed by atoms with E-state index in [2.05, 4.69) is 40.5 Å². The van der Waals surface area contributed by atoms with E-state index in [9.17, 15) is 9.59 Å². The fraction of sp³-hybridized carbons (Fsp3) is 0.333. The molecule has 6 heterocycles. The van der Waals surface area contributed by atoms with Crippen molar-refractivity contribution in [2.24, 2.45) is 0 Å². The highest BCUT2D eigenvalue weighted by Gasteiger charge is 2.21. The lowest BCUT2D eigenvalue weighted by Crippen LogP contribution is -2.10. The van der Waals surface area contributed by atoms with Gasteiger partial charge in [0.1, 0.15) is 34.3 Å². The minimum atomic E-state index is -0.483. The first kappa shape index (κ1) is 57.0. The van der Waals surface area contributed by atoms with Crippen molar-refractivity contribution in [2.75, 3.05) is 50.3 Å². The number of pyridine rings is 6. The van der Waals surface area contributed by atoms with Crippen molar-refractivity contribution in [1.82, 2.24) is 29.9 Å². The summed E-state index contributed by atoms with van der Waals surface area (Å²) in [5.74, 6) is 2.30. The highest BCUT2D eigenvalue weighted by molar-refractivity contribution is 6.06. The molecule has 63 heavy (non-hydrogen) atoms. The third kappa shape index (κ3) is 14.5. The zero-order chi connectivity index (χ0) is 41.6. The van der Waals surface area contributed by atoms with Gasteiger partial charge in [-0.25, -0.2) is 29.5 Å². The minimum Gasteiger partial charge on any atom is -0.492 e. The van der Waals surface area contributed by atoms with Crippen molar-refractivity contribution < 1.29 is 49.0 Å². The predicted molar refractivity (Wildman–Crippen MR) is 249 cm³/mol. The second kappa shape index (κ2) is 27.8. The van der Waals surface area contributed by atoms with Crippen molar-refractivity contribution >= 4 is 94.2 Å². The van der Waals surface area contributed by atoms with Crippen LogP contribution in [0.15, 0.2) is 60.9 Å². The van der Waals surface area contributed by atoms with E-state index >= 15 is 0 Å². The Balaban J connectivity index is 0.00000113. The van der Waals surface area contributed by atoms with Crippen LogP contribution in [0.25, 0.3) is 22.1 Å². The third-order valence-electron chi connectivity index (χ3n) is 8.13. The topological polar surface area (TPSA) is 254 Å². The summed E-state index contributed by atoms with van der Waals surface area (Å²) in [6.07, 6.45) is 2.92. The first-order valence-electron chi connectivity index (χ1n) is 19.1. The van der Waals surface area contributed by atoms with Crippen molar-refractivity contribution in [3.8, 4) is 23.3 Å². The number of nitrogens with zero attached hydrogens (tertiary/aromatic N) is 6. The van der Waals surface area contributed by atoms with Gasteiger partial charge in [0.2, 0.25) is 11.8 Å². The van der Waals surface area contributed by atoms with Crippen LogP contribution in [0.1, 0.15) is 73.6 Å². The van der Waals surface area contributed by atoms with Gasteiger partial charge in [-0.05, 0) is 79.7 Å². The quantitative estimate of drug-likeness (QED) is 0.0881. The van der Waals surface area contributed by atoms with Gasteiger partial charge in [0, 0.05) is 35.3 Å². The maximum Gasteiger partial charge on any atom is 0.341 e. The number of carbonyl (C=O) groups is 2. The molecule has 6 aromatic rings. The molecule has 6 N–H and O–H groups in total. The molecule has 21 heteroatoms. The molecule has 6 aromatic heterocycles. The molecular formula is C42H55Cl3N8O10. The summed E-state index contributed by atoms with van der Waals surface area (Å²) in [4.78, 5) is 51.7. The Morgan fingerprint density at radius 1 is 0.524 bits per heavy atom. The molecule has 0 saturated carbocycles. The highest BCUT2D eigenvalue weighted by Crippen LogP contribution is 2.34. The summed E-state index contributed by atoms with van der Waals surface area (Å²) in [6.45, 7) is 17.3. The maximum absolute atomic E-state index is 12.5. The lowest BCUT2D eigenvalue weighted by Gasteiger charge is -2.15. The molecule has 0 bridgehead atoms. The van der Waals surface area contributed by atoms with E-state index in [1.165, 1.54) is 12.4 Å². The van der Waals surface area contributed by atoms with Crippen LogP contribution in [-0.2, 0) is 9.47 Å². The van der Waals surface area contributed by atoms with Crippen LogP contribution in [0.2, 0.25) is 0 Å². The second-order valence-electron chi connectivity index (χ2n) is 12.1. The summed E-state index contributed by atoms with van der Waals surface area (Å²) >= 11 is 0. The Labute approximate surface area is 384 Å². The molecule has 18 nitrogen and oxygen atoms in total. The number of anilines is 4. The van der Waals surface area contributed by atoms with Gasteiger partial charge in [0.25, 0.3) is 0 Å². The Hall–Kier alpha value is -6.05. The number of hydrogen-bond acceptors (Lipinski definition) is 16. The number of ether oxygens (including phenoxy) is 6. The van der Waals surface area contributed by atoms with Crippen LogP contribution in [0.3, 0.4) is 0 Å². The molecule has 0 amide bonds. The van der Waals surface area contributed by atoms with Crippen LogP contribution >= 0.6 is 37.2 Å². The van der Waals surface area contributed by atoms with Crippen molar-refractivity contribution in [3.05, 3.63) is 83.4 Å². The van der Waals surface area contributed by atoms with Crippen molar-refractivity contribution in [3.63, 3.8) is 0 Å². The van der Waals surface area contributed by atoms with Crippen LogP contribution < -0.4 is 29.6 Å². The highest BCUT2D eigenvalue weighted by atomic mass is 35.5. The van der Waals surface area contributed by atoms with Gasteiger partial charge in [-0.15, -0.1) is 37.2 Å². The summed E-state index contributed by atoms with van der Waals surface area (Å²) in [6, 6.07) is 14.4. The summed E-state index contributed by atoms with van der Waals surface area (Å²) in [5.41, 5.74) is 4.00.